The van der Waals surface area contributed by atoms with Crippen LogP contribution in [0.3, 0.4) is 0 Å². The van der Waals surface area contributed by atoms with Gasteiger partial charge >= 0.3 is 5.97 Å². The number of carboxylic acids is 1. The number of benzene rings is 1. The topological polar surface area (TPSA) is 156 Å². The van der Waals surface area contributed by atoms with Crippen molar-refractivity contribution < 1.29 is 28.0 Å². The number of carbonyl (C=O) groups excluding carboxylic acids is 1. The number of rotatable bonds is 8. The van der Waals surface area contributed by atoms with Crippen LogP contribution in [0.25, 0.3) is 0 Å². The summed E-state index contributed by atoms with van der Waals surface area (Å²) in [6.07, 6.45) is 0. The SMILES string of the molecule is CC(C)C(NC(=O)CNS(=O)(=O)c1ccccc1[N+](=O)[O-])C(=O)O. The summed E-state index contributed by atoms with van der Waals surface area (Å²) in [5.74, 6) is -2.52. The second-order valence-corrected chi connectivity index (χ2v) is 6.91. The number of carboxylic acid groups (broad SMARTS) is 1. The summed E-state index contributed by atoms with van der Waals surface area (Å²) in [5, 5.41) is 22.0. The Kier molecular flexibility index (Phi) is 6.37. The van der Waals surface area contributed by atoms with Crippen LogP contribution in [0.4, 0.5) is 5.69 Å². The number of hydrogen-bond donors (Lipinski definition) is 3. The molecule has 0 heterocycles. The molecule has 0 radical (unpaired) electrons. The van der Waals surface area contributed by atoms with Crippen molar-refractivity contribution in [1.29, 1.82) is 0 Å². The third-order valence-corrected chi connectivity index (χ3v) is 4.47. The normalized spacial score (nSPS) is 12.6. The van der Waals surface area contributed by atoms with E-state index in [1.165, 1.54) is 12.1 Å². The van der Waals surface area contributed by atoms with Crippen LogP contribution in [-0.2, 0) is 19.6 Å². The van der Waals surface area contributed by atoms with Crippen LogP contribution < -0.4 is 10.0 Å². The number of nitro groups is 1. The Balaban J connectivity index is 2.85. The first-order valence-corrected chi connectivity index (χ1v) is 8.30. The fraction of sp³-hybridized carbons (Fsp3) is 0.385. The lowest BCUT2D eigenvalue weighted by Gasteiger charge is -2.18. The lowest BCUT2D eigenvalue weighted by Crippen LogP contribution is -2.48. The molecule has 1 rings (SSSR count). The van der Waals surface area contributed by atoms with E-state index in [1.54, 1.807) is 13.8 Å². The van der Waals surface area contributed by atoms with Gasteiger partial charge in [-0.2, -0.15) is 0 Å². The monoisotopic (exact) mass is 359 g/mol. The minimum atomic E-state index is -4.31. The Bertz CT molecular complexity index is 746. The highest BCUT2D eigenvalue weighted by atomic mass is 32.2. The summed E-state index contributed by atoms with van der Waals surface area (Å²) < 4.78 is 26.1. The van der Waals surface area contributed by atoms with Crippen LogP contribution in [0, 0.1) is 16.0 Å². The molecule has 0 aliphatic rings. The highest BCUT2D eigenvalue weighted by Crippen LogP contribution is 2.22. The molecule has 1 amide bonds. The third kappa shape index (κ3) is 4.99. The molecule has 1 aromatic rings. The molecule has 132 valence electrons. The van der Waals surface area contributed by atoms with Crippen LogP contribution in [0.15, 0.2) is 29.2 Å². The van der Waals surface area contributed by atoms with Crippen LogP contribution >= 0.6 is 0 Å². The van der Waals surface area contributed by atoms with Crippen LogP contribution in [-0.4, -0.2) is 42.9 Å². The molecule has 1 unspecified atom stereocenters. The van der Waals surface area contributed by atoms with Gasteiger partial charge in [0.25, 0.3) is 5.69 Å². The first-order chi connectivity index (χ1) is 11.1. The van der Waals surface area contributed by atoms with Gasteiger partial charge in [-0.3, -0.25) is 14.9 Å². The molecule has 10 nitrogen and oxygen atoms in total. The molecular formula is C13H17N3O7S. The summed E-state index contributed by atoms with van der Waals surface area (Å²) in [5.41, 5.74) is -0.629. The van der Waals surface area contributed by atoms with E-state index in [2.05, 4.69) is 5.32 Å². The first-order valence-electron chi connectivity index (χ1n) is 6.81. The summed E-state index contributed by atoms with van der Waals surface area (Å²) >= 11 is 0. The average molecular weight is 359 g/mol. The zero-order valence-electron chi connectivity index (χ0n) is 12.9. The van der Waals surface area contributed by atoms with Crippen molar-refractivity contribution in [3.05, 3.63) is 34.4 Å². The smallest absolute Gasteiger partial charge is 0.326 e. The Labute approximate surface area is 138 Å². The number of sulfonamides is 1. The number of carbonyl (C=O) groups is 2. The number of aliphatic carboxylic acids is 1. The molecule has 0 saturated heterocycles. The maximum absolute atomic E-state index is 12.1. The van der Waals surface area contributed by atoms with Gasteiger partial charge in [0.05, 0.1) is 11.5 Å². The highest BCUT2D eigenvalue weighted by molar-refractivity contribution is 7.89. The fourth-order valence-corrected chi connectivity index (χ4v) is 2.96. The molecule has 0 aliphatic heterocycles. The maximum atomic E-state index is 12.1. The molecule has 0 bridgehead atoms. The average Bonchev–Trinajstić information content (AvgIpc) is 2.50. The van der Waals surface area contributed by atoms with Crippen LogP contribution in [0.2, 0.25) is 0 Å². The lowest BCUT2D eigenvalue weighted by molar-refractivity contribution is -0.387. The minimum absolute atomic E-state index is 0.404. The predicted molar refractivity (Wildman–Crippen MR) is 82.7 cm³/mol. The summed E-state index contributed by atoms with van der Waals surface area (Å²) in [6.45, 7) is 2.41. The molecule has 0 aliphatic carbocycles. The van der Waals surface area contributed by atoms with Gasteiger partial charge in [-0.25, -0.2) is 17.9 Å². The minimum Gasteiger partial charge on any atom is -0.480 e. The van der Waals surface area contributed by atoms with Gasteiger partial charge in [0.2, 0.25) is 15.9 Å². The molecular weight excluding hydrogens is 342 g/mol. The third-order valence-electron chi connectivity index (χ3n) is 3.02. The molecule has 0 fully saturated rings. The Morgan fingerprint density at radius 1 is 1.29 bits per heavy atom. The van der Waals surface area contributed by atoms with Crippen LogP contribution in [0.5, 0.6) is 0 Å². The number of amides is 1. The van der Waals surface area contributed by atoms with Crippen molar-refractivity contribution in [2.45, 2.75) is 24.8 Å². The molecule has 0 aromatic heterocycles. The molecule has 0 saturated carbocycles. The van der Waals surface area contributed by atoms with Gasteiger partial charge in [-0.1, -0.05) is 26.0 Å². The number of nitrogens with zero attached hydrogens (tertiary/aromatic N) is 1. The second kappa shape index (κ2) is 7.84. The number of nitro benzene ring substituents is 1. The zero-order chi connectivity index (χ0) is 18.5. The maximum Gasteiger partial charge on any atom is 0.326 e. The standard InChI is InChI=1S/C13H17N3O7S/c1-8(2)12(13(18)19)15-11(17)7-14-24(22,23)10-6-4-3-5-9(10)16(20)21/h3-6,8,12,14H,7H2,1-2H3,(H,15,17)(H,18,19). The number of para-hydroxylation sites is 1. The van der Waals surface area contributed by atoms with E-state index in [4.69, 9.17) is 5.11 Å². The Morgan fingerprint density at radius 2 is 1.88 bits per heavy atom. The quantitative estimate of drug-likeness (QED) is 0.439. The van der Waals surface area contributed by atoms with E-state index in [9.17, 15) is 28.1 Å². The second-order valence-electron chi connectivity index (χ2n) is 5.18. The summed E-state index contributed by atoms with van der Waals surface area (Å²) in [4.78, 5) is 32.1. The van der Waals surface area contributed by atoms with E-state index < -0.39 is 55.9 Å². The van der Waals surface area contributed by atoms with Gasteiger partial charge in [0.1, 0.15) is 6.04 Å². The lowest BCUT2D eigenvalue weighted by atomic mass is 10.1. The summed E-state index contributed by atoms with van der Waals surface area (Å²) in [7, 11) is -4.31. The van der Waals surface area contributed by atoms with Crippen molar-refractivity contribution in [3.63, 3.8) is 0 Å². The fourth-order valence-electron chi connectivity index (χ4n) is 1.81. The van der Waals surface area contributed by atoms with E-state index in [1.807, 2.05) is 4.72 Å². The molecule has 24 heavy (non-hydrogen) atoms. The van der Waals surface area contributed by atoms with E-state index in [-0.39, 0.29) is 0 Å². The Morgan fingerprint density at radius 3 is 2.38 bits per heavy atom. The molecule has 3 N–H and O–H groups in total. The van der Waals surface area contributed by atoms with E-state index in [0.29, 0.717) is 0 Å². The Hall–Kier alpha value is -2.53. The van der Waals surface area contributed by atoms with E-state index >= 15 is 0 Å². The molecule has 1 aromatic carbocycles. The van der Waals surface area contributed by atoms with Crippen molar-refractivity contribution in [1.82, 2.24) is 10.0 Å². The van der Waals surface area contributed by atoms with Crippen molar-refractivity contribution >= 4 is 27.6 Å². The van der Waals surface area contributed by atoms with Crippen molar-refractivity contribution in [2.24, 2.45) is 5.92 Å². The highest BCUT2D eigenvalue weighted by Gasteiger charge is 2.27. The molecule has 11 heteroatoms. The largest absolute Gasteiger partial charge is 0.480 e. The van der Waals surface area contributed by atoms with E-state index in [0.717, 1.165) is 12.1 Å². The first kappa shape index (κ1) is 19.5. The van der Waals surface area contributed by atoms with Crippen molar-refractivity contribution in [3.8, 4) is 0 Å². The van der Waals surface area contributed by atoms with Gasteiger partial charge < -0.3 is 10.4 Å². The molecule has 1 atom stereocenters. The van der Waals surface area contributed by atoms with Gasteiger partial charge in [0, 0.05) is 6.07 Å². The zero-order valence-corrected chi connectivity index (χ0v) is 13.7. The molecule has 0 spiro atoms. The van der Waals surface area contributed by atoms with Crippen LogP contribution in [0.1, 0.15) is 13.8 Å². The number of nitrogens with one attached hydrogen (secondary N) is 2. The van der Waals surface area contributed by atoms with Crippen molar-refractivity contribution in [2.75, 3.05) is 6.54 Å². The summed E-state index contributed by atoms with van der Waals surface area (Å²) in [6, 6.07) is 3.50. The van der Waals surface area contributed by atoms with Gasteiger partial charge in [0.15, 0.2) is 4.90 Å². The predicted octanol–water partition coefficient (Wildman–Crippen LogP) is 0.0985. The van der Waals surface area contributed by atoms with Gasteiger partial charge in [-0.15, -0.1) is 0 Å². The number of hydrogen-bond acceptors (Lipinski definition) is 6. The van der Waals surface area contributed by atoms with Gasteiger partial charge in [-0.05, 0) is 12.0 Å².